The Morgan fingerprint density at radius 1 is 1.30 bits per heavy atom. The van der Waals surface area contributed by atoms with Crippen molar-refractivity contribution in [2.45, 2.75) is 39.8 Å². The zero-order chi connectivity index (χ0) is 15.2. The molecule has 1 heterocycles. The van der Waals surface area contributed by atoms with Crippen LogP contribution in [0.25, 0.3) is 0 Å². The largest absolute Gasteiger partial charge is 0.358 e. The van der Waals surface area contributed by atoms with Crippen molar-refractivity contribution in [3.05, 3.63) is 18.0 Å². The van der Waals surface area contributed by atoms with Crippen molar-refractivity contribution in [1.82, 2.24) is 20.6 Å². The second-order valence-corrected chi connectivity index (χ2v) is 5.68. The molecular formula is C14H25N5O. The second kappa shape index (κ2) is 7.19. The monoisotopic (exact) mass is 279 g/mol. The Balaban J connectivity index is 2.66. The van der Waals surface area contributed by atoms with E-state index in [1.807, 2.05) is 11.8 Å². The van der Waals surface area contributed by atoms with E-state index >= 15 is 0 Å². The maximum absolute atomic E-state index is 11.4. The summed E-state index contributed by atoms with van der Waals surface area (Å²) in [6.07, 6.45) is 3.60. The van der Waals surface area contributed by atoms with Crippen molar-refractivity contribution < 1.29 is 4.79 Å². The first-order valence-electron chi connectivity index (χ1n) is 6.87. The number of aromatic nitrogens is 2. The molecule has 1 rings (SSSR count). The molecular weight excluding hydrogens is 254 g/mol. The van der Waals surface area contributed by atoms with Gasteiger partial charge in [0.15, 0.2) is 0 Å². The van der Waals surface area contributed by atoms with Crippen molar-refractivity contribution in [2.75, 3.05) is 25.0 Å². The highest BCUT2D eigenvalue weighted by Gasteiger charge is 2.12. The maximum Gasteiger partial charge on any atom is 0.239 e. The predicted molar refractivity (Wildman–Crippen MR) is 80.6 cm³/mol. The van der Waals surface area contributed by atoms with E-state index in [1.54, 1.807) is 19.4 Å². The predicted octanol–water partition coefficient (Wildman–Crippen LogP) is 0.937. The SMILES string of the molecule is CCN(CC(=O)NC)c1ncc(CNC(C)(C)C)cn1. The van der Waals surface area contributed by atoms with Crippen LogP contribution in [0.15, 0.2) is 12.4 Å². The lowest BCUT2D eigenvalue weighted by Crippen LogP contribution is -2.37. The van der Waals surface area contributed by atoms with Gasteiger partial charge >= 0.3 is 0 Å². The standard InChI is InChI=1S/C14H25N5O/c1-6-19(10-12(20)15-5)13-16-7-11(8-17-13)9-18-14(2,3)4/h7-8,18H,6,9-10H2,1-5H3,(H,15,20). The first-order chi connectivity index (χ1) is 9.35. The molecule has 0 unspecified atom stereocenters. The molecule has 6 heteroatoms. The van der Waals surface area contributed by atoms with Gasteiger partial charge in [-0.3, -0.25) is 4.79 Å². The van der Waals surface area contributed by atoms with Gasteiger partial charge in [0.05, 0.1) is 6.54 Å². The third kappa shape index (κ3) is 5.52. The molecule has 20 heavy (non-hydrogen) atoms. The van der Waals surface area contributed by atoms with E-state index in [-0.39, 0.29) is 18.0 Å². The van der Waals surface area contributed by atoms with Crippen LogP contribution in [-0.2, 0) is 11.3 Å². The summed E-state index contributed by atoms with van der Waals surface area (Å²) in [5.74, 6) is 0.532. The van der Waals surface area contributed by atoms with E-state index in [1.165, 1.54) is 0 Å². The summed E-state index contributed by atoms with van der Waals surface area (Å²) >= 11 is 0. The average molecular weight is 279 g/mol. The van der Waals surface area contributed by atoms with Gasteiger partial charge in [-0.2, -0.15) is 0 Å². The van der Waals surface area contributed by atoms with Gasteiger partial charge in [-0.05, 0) is 27.7 Å². The number of rotatable bonds is 6. The lowest BCUT2D eigenvalue weighted by atomic mass is 10.1. The molecule has 0 aliphatic carbocycles. The van der Waals surface area contributed by atoms with Crippen LogP contribution in [0.3, 0.4) is 0 Å². The molecule has 1 aromatic rings. The van der Waals surface area contributed by atoms with E-state index in [0.717, 1.165) is 12.1 Å². The van der Waals surface area contributed by atoms with Gasteiger partial charge in [0, 0.05) is 43.6 Å². The van der Waals surface area contributed by atoms with Gasteiger partial charge in [0.1, 0.15) is 0 Å². The molecule has 1 aromatic heterocycles. The molecule has 0 aliphatic rings. The van der Waals surface area contributed by atoms with Crippen LogP contribution in [0.1, 0.15) is 33.3 Å². The Hall–Kier alpha value is -1.69. The summed E-state index contributed by atoms with van der Waals surface area (Å²) in [7, 11) is 1.62. The van der Waals surface area contributed by atoms with E-state index in [2.05, 4.69) is 41.4 Å². The quantitative estimate of drug-likeness (QED) is 0.811. The summed E-state index contributed by atoms with van der Waals surface area (Å²) in [6.45, 7) is 10.0. The molecule has 0 bridgehead atoms. The van der Waals surface area contributed by atoms with Crippen molar-refractivity contribution in [2.24, 2.45) is 0 Å². The number of anilines is 1. The zero-order valence-corrected chi connectivity index (χ0v) is 13.0. The molecule has 0 spiro atoms. The lowest BCUT2D eigenvalue weighted by Gasteiger charge is -2.21. The van der Waals surface area contributed by atoms with E-state index < -0.39 is 0 Å². The fourth-order valence-electron chi connectivity index (χ4n) is 1.55. The minimum Gasteiger partial charge on any atom is -0.358 e. The maximum atomic E-state index is 11.4. The topological polar surface area (TPSA) is 70.2 Å². The number of likely N-dealkylation sites (N-methyl/N-ethyl adjacent to an activating group) is 2. The minimum absolute atomic E-state index is 0.0473. The Labute approximate surface area is 121 Å². The third-order valence-corrected chi connectivity index (χ3v) is 2.79. The Bertz CT molecular complexity index is 424. The number of amides is 1. The summed E-state index contributed by atoms with van der Waals surface area (Å²) < 4.78 is 0. The van der Waals surface area contributed by atoms with Crippen LogP contribution in [0.5, 0.6) is 0 Å². The fourth-order valence-corrected chi connectivity index (χ4v) is 1.55. The number of hydrogen-bond acceptors (Lipinski definition) is 5. The van der Waals surface area contributed by atoms with Crippen molar-refractivity contribution in [1.29, 1.82) is 0 Å². The number of carbonyl (C=O) groups is 1. The average Bonchev–Trinajstić information content (AvgIpc) is 2.42. The Morgan fingerprint density at radius 2 is 1.90 bits per heavy atom. The summed E-state index contributed by atoms with van der Waals surface area (Å²) in [4.78, 5) is 21.9. The van der Waals surface area contributed by atoms with E-state index in [4.69, 9.17) is 0 Å². The number of hydrogen-bond donors (Lipinski definition) is 2. The van der Waals surface area contributed by atoms with Crippen LogP contribution in [0.4, 0.5) is 5.95 Å². The molecule has 0 fully saturated rings. The van der Waals surface area contributed by atoms with Gasteiger partial charge < -0.3 is 15.5 Å². The molecule has 0 aliphatic heterocycles. The molecule has 0 radical (unpaired) electrons. The molecule has 112 valence electrons. The van der Waals surface area contributed by atoms with Gasteiger partial charge in [-0.1, -0.05) is 0 Å². The van der Waals surface area contributed by atoms with Crippen LogP contribution >= 0.6 is 0 Å². The van der Waals surface area contributed by atoms with E-state index in [9.17, 15) is 4.79 Å². The smallest absolute Gasteiger partial charge is 0.239 e. The molecule has 2 N–H and O–H groups in total. The Morgan fingerprint density at radius 3 is 2.35 bits per heavy atom. The normalized spacial score (nSPS) is 11.2. The number of nitrogens with zero attached hydrogens (tertiary/aromatic N) is 3. The number of nitrogens with one attached hydrogen (secondary N) is 2. The zero-order valence-electron chi connectivity index (χ0n) is 13.0. The minimum atomic E-state index is -0.0473. The molecule has 0 saturated carbocycles. The highest BCUT2D eigenvalue weighted by Crippen LogP contribution is 2.08. The molecule has 0 aromatic carbocycles. The summed E-state index contributed by atoms with van der Waals surface area (Å²) in [5, 5.41) is 5.99. The van der Waals surface area contributed by atoms with Gasteiger partial charge in [0.25, 0.3) is 0 Å². The molecule has 1 amide bonds. The van der Waals surface area contributed by atoms with Crippen LogP contribution in [0, 0.1) is 0 Å². The van der Waals surface area contributed by atoms with E-state index in [0.29, 0.717) is 12.5 Å². The third-order valence-electron chi connectivity index (χ3n) is 2.79. The number of carbonyl (C=O) groups excluding carboxylic acids is 1. The fraction of sp³-hybridized carbons (Fsp3) is 0.643. The van der Waals surface area contributed by atoms with Gasteiger partial charge in [0.2, 0.25) is 11.9 Å². The van der Waals surface area contributed by atoms with Crippen LogP contribution in [-0.4, -0.2) is 41.6 Å². The highest BCUT2D eigenvalue weighted by molar-refractivity contribution is 5.80. The molecule has 0 saturated heterocycles. The summed E-state index contributed by atoms with van der Waals surface area (Å²) in [6, 6.07) is 0. The first kappa shape index (κ1) is 16.4. The van der Waals surface area contributed by atoms with Crippen molar-refractivity contribution in [3.8, 4) is 0 Å². The van der Waals surface area contributed by atoms with Crippen molar-refractivity contribution >= 4 is 11.9 Å². The second-order valence-electron chi connectivity index (χ2n) is 5.68. The highest BCUT2D eigenvalue weighted by atomic mass is 16.1. The summed E-state index contributed by atoms with van der Waals surface area (Å²) in [5.41, 5.74) is 1.09. The van der Waals surface area contributed by atoms with Crippen molar-refractivity contribution in [3.63, 3.8) is 0 Å². The molecule has 0 atom stereocenters. The van der Waals surface area contributed by atoms with Crippen LogP contribution in [0.2, 0.25) is 0 Å². The van der Waals surface area contributed by atoms with Gasteiger partial charge in [-0.25, -0.2) is 9.97 Å². The first-order valence-corrected chi connectivity index (χ1v) is 6.87. The van der Waals surface area contributed by atoms with Crippen LogP contribution < -0.4 is 15.5 Å². The van der Waals surface area contributed by atoms with Gasteiger partial charge in [-0.15, -0.1) is 0 Å². The molecule has 6 nitrogen and oxygen atoms in total. The lowest BCUT2D eigenvalue weighted by molar-refractivity contribution is -0.119. The Kier molecular flexibility index (Phi) is 5.88.